The third-order valence-corrected chi connectivity index (χ3v) is 5.52. The molecule has 1 heterocycles. The van der Waals surface area contributed by atoms with Gasteiger partial charge in [0.1, 0.15) is 10.7 Å². The van der Waals surface area contributed by atoms with Crippen molar-refractivity contribution in [1.29, 1.82) is 0 Å². The minimum Gasteiger partial charge on any atom is -0.316 e. The van der Waals surface area contributed by atoms with Gasteiger partial charge < -0.3 is 5.32 Å². The van der Waals surface area contributed by atoms with Crippen molar-refractivity contribution < 1.29 is 4.79 Å². The molecule has 24 heavy (non-hydrogen) atoms. The van der Waals surface area contributed by atoms with Crippen LogP contribution >= 0.6 is 23.1 Å². The fourth-order valence-electron chi connectivity index (χ4n) is 2.36. The Morgan fingerprint density at radius 2 is 1.75 bits per heavy atom. The lowest BCUT2D eigenvalue weighted by molar-refractivity contribution is -0.116. The number of carbonyl (C=O) groups excluding carboxylic acids is 1. The molecule has 3 rings (SSSR count). The van der Waals surface area contributed by atoms with Crippen LogP contribution in [-0.2, 0) is 11.2 Å². The zero-order valence-corrected chi connectivity index (χ0v) is 15.0. The first-order valence-corrected chi connectivity index (χ1v) is 9.74. The highest BCUT2D eigenvalue weighted by molar-refractivity contribution is 8.00. The summed E-state index contributed by atoms with van der Waals surface area (Å²) in [5.74, 6) is 0.0207. The fraction of sp³-hybridized carbons (Fsp3) is 0.158. The van der Waals surface area contributed by atoms with E-state index >= 15 is 0 Å². The zero-order valence-electron chi connectivity index (χ0n) is 13.4. The second-order valence-electron chi connectivity index (χ2n) is 5.26. The number of thiazole rings is 1. The molecule has 0 atom stereocenters. The maximum atomic E-state index is 12.3. The highest BCUT2D eigenvalue weighted by Gasteiger charge is 2.15. The summed E-state index contributed by atoms with van der Waals surface area (Å²) in [5, 5.41) is 3.86. The van der Waals surface area contributed by atoms with E-state index in [9.17, 15) is 4.79 Å². The van der Waals surface area contributed by atoms with Gasteiger partial charge in [-0.2, -0.15) is 0 Å². The Kier molecular flexibility index (Phi) is 5.67. The van der Waals surface area contributed by atoms with E-state index in [4.69, 9.17) is 0 Å². The summed E-state index contributed by atoms with van der Waals surface area (Å²) in [6.07, 6.45) is 3.20. The Hall–Kier alpha value is -2.11. The molecule has 0 aliphatic rings. The van der Waals surface area contributed by atoms with E-state index < -0.39 is 0 Å². The van der Waals surface area contributed by atoms with E-state index in [0.717, 1.165) is 27.0 Å². The van der Waals surface area contributed by atoms with Gasteiger partial charge >= 0.3 is 0 Å². The minimum atomic E-state index is 0.0207. The van der Waals surface area contributed by atoms with E-state index in [-0.39, 0.29) is 5.91 Å². The van der Waals surface area contributed by atoms with Crippen molar-refractivity contribution in [3.8, 4) is 11.3 Å². The normalized spacial score (nSPS) is 10.5. The topological polar surface area (TPSA) is 42.0 Å². The Morgan fingerprint density at radius 1 is 1.08 bits per heavy atom. The van der Waals surface area contributed by atoms with Crippen LogP contribution in [0.15, 0.2) is 65.0 Å². The lowest BCUT2D eigenvalue weighted by atomic mass is 10.1. The fourth-order valence-corrected chi connectivity index (χ4v) is 3.86. The van der Waals surface area contributed by atoms with Crippen LogP contribution in [0.2, 0.25) is 0 Å². The molecule has 1 aromatic heterocycles. The second kappa shape index (κ2) is 8.13. The average molecular weight is 354 g/mol. The molecule has 0 fully saturated rings. The summed E-state index contributed by atoms with van der Waals surface area (Å²) in [6, 6.07) is 20.0. The van der Waals surface area contributed by atoms with E-state index in [2.05, 4.69) is 10.3 Å². The summed E-state index contributed by atoms with van der Waals surface area (Å²) < 4.78 is 0.951. The Bertz CT molecular complexity index is 801. The van der Waals surface area contributed by atoms with Crippen molar-refractivity contribution in [3.05, 3.63) is 66.2 Å². The summed E-state index contributed by atoms with van der Waals surface area (Å²) >= 11 is 3.12. The zero-order chi connectivity index (χ0) is 16.8. The highest BCUT2D eigenvalue weighted by atomic mass is 32.2. The van der Waals surface area contributed by atoms with Crippen LogP contribution in [0.25, 0.3) is 11.3 Å². The SMILES string of the molecule is CSc1nc(-c2ccccc2)c(NC(=O)CCc2ccccc2)s1. The number of benzene rings is 2. The molecule has 1 amide bonds. The molecule has 3 aromatic rings. The van der Waals surface area contributed by atoms with Crippen molar-refractivity contribution in [2.45, 2.75) is 17.2 Å². The molecule has 0 saturated carbocycles. The number of nitrogens with zero attached hydrogens (tertiary/aromatic N) is 1. The maximum absolute atomic E-state index is 12.3. The maximum Gasteiger partial charge on any atom is 0.225 e. The molecule has 2 aromatic carbocycles. The molecule has 0 aliphatic carbocycles. The summed E-state index contributed by atoms with van der Waals surface area (Å²) in [6.45, 7) is 0. The summed E-state index contributed by atoms with van der Waals surface area (Å²) in [7, 11) is 0. The van der Waals surface area contributed by atoms with Gasteiger partial charge in [-0.25, -0.2) is 4.98 Å². The van der Waals surface area contributed by atoms with Crippen molar-refractivity contribution in [2.24, 2.45) is 0 Å². The number of amides is 1. The van der Waals surface area contributed by atoms with Crippen molar-refractivity contribution in [1.82, 2.24) is 4.98 Å². The van der Waals surface area contributed by atoms with E-state index in [1.54, 1.807) is 11.8 Å². The molecule has 0 radical (unpaired) electrons. The standard InChI is InChI=1S/C19H18N2OS2/c1-23-19-21-17(15-10-6-3-7-11-15)18(24-19)20-16(22)13-12-14-8-4-2-5-9-14/h2-11H,12-13H2,1H3,(H,20,22). The number of anilines is 1. The third kappa shape index (κ3) is 4.24. The number of thioether (sulfide) groups is 1. The molecule has 0 saturated heterocycles. The van der Waals surface area contributed by atoms with Crippen LogP contribution in [0.5, 0.6) is 0 Å². The van der Waals surface area contributed by atoms with Gasteiger partial charge in [0.15, 0.2) is 4.34 Å². The van der Waals surface area contributed by atoms with Gasteiger partial charge in [-0.3, -0.25) is 4.79 Å². The lowest BCUT2D eigenvalue weighted by Gasteiger charge is -2.05. The number of aromatic nitrogens is 1. The van der Waals surface area contributed by atoms with Gasteiger partial charge in [-0.15, -0.1) is 0 Å². The van der Waals surface area contributed by atoms with Crippen LogP contribution in [-0.4, -0.2) is 17.1 Å². The summed E-state index contributed by atoms with van der Waals surface area (Å²) in [5.41, 5.74) is 3.04. The molecule has 0 spiro atoms. The van der Waals surface area contributed by atoms with Crippen molar-refractivity contribution in [2.75, 3.05) is 11.6 Å². The Labute approximate surface area is 150 Å². The number of nitrogens with one attached hydrogen (secondary N) is 1. The van der Waals surface area contributed by atoms with Gasteiger partial charge in [0.05, 0.1) is 0 Å². The predicted octanol–water partition coefficient (Wildman–Crippen LogP) is 5.10. The Morgan fingerprint density at radius 3 is 2.42 bits per heavy atom. The predicted molar refractivity (Wildman–Crippen MR) is 103 cm³/mol. The van der Waals surface area contributed by atoms with Crippen LogP contribution < -0.4 is 5.32 Å². The molecule has 1 N–H and O–H groups in total. The average Bonchev–Trinajstić information content (AvgIpc) is 3.04. The van der Waals surface area contributed by atoms with Gasteiger partial charge in [0.2, 0.25) is 5.91 Å². The first-order chi connectivity index (χ1) is 11.8. The largest absolute Gasteiger partial charge is 0.316 e. The van der Waals surface area contributed by atoms with Crippen LogP contribution in [0, 0.1) is 0 Å². The van der Waals surface area contributed by atoms with E-state index in [0.29, 0.717) is 6.42 Å². The van der Waals surface area contributed by atoms with Gasteiger partial charge in [-0.05, 0) is 18.2 Å². The summed E-state index contributed by atoms with van der Waals surface area (Å²) in [4.78, 5) is 17.0. The van der Waals surface area contributed by atoms with Crippen LogP contribution in [0.4, 0.5) is 5.00 Å². The van der Waals surface area contributed by atoms with Crippen LogP contribution in [0.1, 0.15) is 12.0 Å². The molecule has 3 nitrogen and oxygen atoms in total. The molecule has 0 aliphatic heterocycles. The minimum absolute atomic E-state index is 0.0207. The second-order valence-corrected chi connectivity index (χ2v) is 7.31. The molecule has 0 unspecified atom stereocenters. The first kappa shape index (κ1) is 16.7. The number of hydrogen-bond donors (Lipinski definition) is 1. The van der Waals surface area contributed by atoms with Crippen LogP contribution in [0.3, 0.4) is 0 Å². The number of rotatable bonds is 6. The number of aryl methyl sites for hydroxylation is 1. The number of hydrogen-bond acceptors (Lipinski definition) is 4. The van der Waals surface area contributed by atoms with E-state index in [1.807, 2.05) is 66.9 Å². The molecule has 5 heteroatoms. The van der Waals surface area contributed by atoms with Gasteiger partial charge in [-0.1, -0.05) is 83.8 Å². The van der Waals surface area contributed by atoms with Crippen molar-refractivity contribution >= 4 is 34.0 Å². The molecule has 122 valence electrons. The van der Waals surface area contributed by atoms with E-state index in [1.165, 1.54) is 16.9 Å². The molecule has 0 bridgehead atoms. The smallest absolute Gasteiger partial charge is 0.225 e. The van der Waals surface area contributed by atoms with Crippen molar-refractivity contribution in [3.63, 3.8) is 0 Å². The van der Waals surface area contributed by atoms with Gasteiger partial charge in [0, 0.05) is 12.0 Å². The first-order valence-electron chi connectivity index (χ1n) is 7.70. The quantitative estimate of drug-likeness (QED) is 0.626. The Balaban J connectivity index is 1.72. The third-order valence-electron chi connectivity index (χ3n) is 3.57. The monoisotopic (exact) mass is 354 g/mol. The highest BCUT2D eigenvalue weighted by Crippen LogP contribution is 2.36. The van der Waals surface area contributed by atoms with Gasteiger partial charge in [0.25, 0.3) is 0 Å². The number of carbonyl (C=O) groups is 1. The molecular weight excluding hydrogens is 336 g/mol. The lowest BCUT2D eigenvalue weighted by Crippen LogP contribution is -2.12. The molecular formula is C19H18N2OS2.